The summed E-state index contributed by atoms with van der Waals surface area (Å²) in [7, 11) is 0. The zero-order valence-corrected chi connectivity index (χ0v) is 13.9. The van der Waals surface area contributed by atoms with E-state index in [1.165, 1.54) is 0 Å². The second-order valence-electron chi connectivity index (χ2n) is 5.61. The zero-order valence-electron chi connectivity index (χ0n) is 13.1. The summed E-state index contributed by atoms with van der Waals surface area (Å²) in [5.74, 6) is -0.360. The molecule has 0 unspecified atom stereocenters. The minimum absolute atomic E-state index is 0.0895. The molecule has 1 atom stereocenters. The highest BCUT2D eigenvalue weighted by atomic mass is 35.5. The molecule has 0 aliphatic carbocycles. The number of oxime groups is 1. The van der Waals surface area contributed by atoms with Gasteiger partial charge in [0, 0.05) is 30.5 Å². The molecule has 1 aliphatic heterocycles. The number of carbonyl (C=O) groups is 2. The van der Waals surface area contributed by atoms with E-state index in [0.29, 0.717) is 17.2 Å². The monoisotopic (exact) mass is 337 g/mol. The molecule has 0 spiro atoms. The Morgan fingerprint density at radius 2 is 2.04 bits per heavy atom. The first-order chi connectivity index (χ1) is 11.0. The van der Waals surface area contributed by atoms with Crippen molar-refractivity contribution in [2.24, 2.45) is 5.16 Å². The minimum Gasteiger partial charge on any atom is -0.382 e. The first kappa shape index (κ1) is 17.3. The van der Waals surface area contributed by atoms with E-state index in [9.17, 15) is 9.59 Å². The minimum atomic E-state index is -0.658. The van der Waals surface area contributed by atoms with Crippen LogP contribution in [0.4, 0.5) is 0 Å². The van der Waals surface area contributed by atoms with Crippen molar-refractivity contribution in [2.45, 2.75) is 38.8 Å². The lowest BCUT2D eigenvalue weighted by molar-refractivity contribution is -0.131. The van der Waals surface area contributed by atoms with Crippen molar-refractivity contribution < 1.29 is 14.4 Å². The molecular formula is C16H20ClN3O3. The zero-order chi connectivity index (χ0) is 16.8. The largest absolute Gasteiger partial charge is 0.382 e. The number of halogens is 1. The van der Waals surface area contributed by atoms with E-state index in [2.05, 4.69) is 15.8 Å². The maximum Gasteiger partial charge on any atom is 0.264 e. The Morgan fingerprint density at radius 3 is 2.70 bits per heavy atom. The summed E-state index contributed by atoms with van der Waals surface area (Å²) in [6.45, 7) is 4.05. The van der Waals surface area contributed by atoms with Gasteiger partial charge < -0.3 is 15.5 Å². The van der Waals surface area contributed by atoms with Gasteiger partial charge in [-0.15, -0.1) is 0 Å². The molecule has 23 heavy (non-hydrogen) atoms. The van der Waals surface area contributed by atoms with E-state index in [1.54, 1.807) is 12.1 Å². The lowest BCUT2D eigenvalue weighted by atomic mass is 10.0. The van der Waals surface area contributed by atoms with E-state index < -0.39 is 6.10 Å². The molecule has 6 nitrogen and oxygen atoms in total. The van der Waals surface area contributed by atoms with E-state index in [-0.39, 0.29) is 30.8 Å². The maximum absolute atomic E-state index is 12.0. The van der Waals surface area contributed by atoms with E-state index in [0.717, 1.165) is 5.56 Å². The summed E-state index contributed by atoms with van der Waals surface area (Å²) < 4.78 is 0. The van der Waals surface area contributed by atoms with Gasteiger partial charge in [0.25, 0.3) is 5.91 Å². The van der Waals surface area contributed by atoms with Crippen LogP contribution in [0.3, 0.4) is 0 Å². The van der Waals surface area contributed by atoms with Crippen LogP contribution in [0.15, 0.2) is 29.4 Å². The first-order valence-corrected chi connectivity index (χ1v) is 7.89. The van der Waals surface area contributed by atoms with Crippen LogP contribution in [-0.4, -0.2) is 36.2 Å². The second-order valence-corrected chi connectivity index (χ2v) is 6.04. The van der Waals surface area contributed by atoms with Crippen LogP contribution in [0.5, 0.6) is 0 Å². The summed E-state index contributed by atoms with van der Waals surface area (Å²) in [4.78, 5) is 28.7. The lowest BCUT2D eigenvalue weighted by Crippen LogP contribution is -2.38. The summed E-state index contributed by atoms with van der Waals surface area (Å²) in [6, 6.07) is 7.29. The Morgan fingerprint density at radius 1 is 1.35 bits per heavy atom. The first-order valence-electron chi connectivity index (χ1n) is 7.51. The van der Waals surface area contributed by atoms with Gasteiger partial charge in [0.15, 0.2) is 0 Å². The highest BCUT2D eigenvalue weighted by molar-refractivity contribution is 6.30. The Bertz CT molecular complexity index is 599. The number of rotatable bonds is 6. The number of amides is 2. The predicted octanol–water partition coefficient (Wildman–Crippen LogP) is 1.86. The molecule has 2 N–H and O–H groups in total. The molecule has 1 aliphatic rings. The molecular weight excluding hydrogens is 318 g/mol. The van der Waals surface area contributed by atoms with Gasteiger partial charge >= 0.3 is 0 Å². The Kier molecular flexibility index (Phi) is 5.98. The van der Waals surface area contributed by atoms with Gasteiger partial charge in [0.05, 0.1) is 5.71 Å². The summed E-state index contributed by atoms with van der Waals surface area (Å²) in [6.07, 6.45) is -0.0263. The molecule has 7 heteroatoms. The fourth-order valence-electron chi connectivity index (χ4n) is 2.14. The third-order valence-corrected chi connectivity index (χ3v) is 3.49. The fraction of sp³-hybridized carbons (Fsp3) is 0.438. The van der Waals surface area contributed by atoms with E-state index in [4.69, 9.17) is 16.4 Å². The number of nitrogens with one attached hydrogen (secondary N) is 2. The Balaban J connectivity index is 1.76. The molecule has 1 heterocycles. The number of hydrogen-bond donors (Lipinski definition) is 2. The predicted molar refractivity (Wildman–Crippen MR) is 88.4 cm³/mol. The molecule has 0 bridgehead atoms. The van der Waals surface area contributed by atoms with Crippen LogP contribution in [0, 0.1) is 0 Å². The maximum atomic E-state index is 12.0. The van der Waals surface area contributed by atoms with Crippen LogP contribution in [-0.2, 0) is 14.4 Å². The number of carbonyl (C=O) groups excluding carboxylic acids is 2. The highest BCUT2D eigenvalue weighted by Crippen LogP contribution is 2.18. The van der Waals surface area contributed by atoms with Crippen molar-refractivity contribution in [3.8, 4) is 0 Å². The van der Waals surface area contributed by atoms with Crippen LogP contribution in [0.1, 0.15) is 32.3 Å². The lowest BCUT2D eigenvalue weighted by Gasteiger charge is -2.11. The van der Waals surface area contributed by atoms with Gasteiger partial charge in [-0.3, -0.25) is 9.59 Å². The van der Waals surface area contributed by atoms with Gasteiger partial charge in [0.1, 0.15) is 0 Å². The highest BCUT2D eigenvalue weighted by Gasteiger charge is 2.28. The summed E-state index contributed by atoms with van der Waals surface area (Å²) >= 11 is 5.84. The van der Waals surface area contributed by atoms with Crippen molar-refractivity contribution in [2.75, 3.05) is 6.54 Å². The third-order valence-electron chi connectivity index (χ3n) is 3.24. The topological polar surface area (TPSA) is 79.8 Å². The van der Waals surface area contributed by atoms with Crippen molar-refractivity contribution in [3.05, 3.63) is 34.9 Å². The standard InChI is InChI=1S/C16H20ClN3O3/c1-10(2)19-15(21)7-8-18-16(22)14-9-13(20-23-14)11-3-5-12(17)6-4-11/h3-6,10,14H,7-9H2,1-2H3,(H,18,22)(H,19,21)/t14-/m1/s1. The smallest absolute Gasteiger partial charge is 0.264 e. The molecule has 0 radical (unpaired) electrons. The SMILES string of the molecule is CC(C)NC(=O)CCNC(=O)[C@H]1CC(c2ccc(Cl)cc2)=NO1. The van der Waals surface area contributed by atoms with Gasteiger partial charge in [-0.05, 0) is 31.5 Å². The second kappa shape index (κ2) is 7.97. The van der Waals surface area contributed by atoms with Gasteiger partial charge in [-0.25, -0.2) is 0 Å². The fourth-order valence-corrected chi connectivity index (χ4v) is 2.26. The normalized spacial score (nSPS) is 16.7. The molecule has 0 saturated carbocycles. The van der Waals surface area contributed by atoms with Crippen molar-refractivity contribution in [1.82, 2.24) is 10.6 Å². The third kappa shape index (κ3) is 5.25. The molecule has 0 fully saturated rings. The van der Waals surface area contributed by atoms with Crippen LogP contribution in [0.2, 0.25) is 5.02 Å². The molecule has 1 aromatic rings. The summed E-state index contributed by atoms with van der Waals surface area (Å²) in [5, 5.41) is 10.0. The van der Waals surface area contributed by atoms with Gasteiger partial charge in [-0.1, -0.05) is 28.9 Å². The molecule has 124 valence electrons. The van der Waals surface area contributed by atoms with E-state index >= 15 is 0 Å². The number of hydrogen-bond acceptors (Lipinski definition) is 4. The van der Waals surface area contributed by atoms with Gasteiger partial charge in [-0.2, -0.15) is 0 Å². The molecule has 2 rings (SSSR count). The van der Waals surface area contributed by atoms with Crippen molar-refractivity contribution >= 4 is 29.1 Å². The average molecular weight is 338 g/mol. The van der Waals surface area contributed by atoms with Crippen molar-refractivity contribution in [3.63, 3.8) is 0 Å². The number of benzene rings is 1. The average Bonchev–Trinajstić information content (AvgIpc) is 2.97. The van der Waals surface area contributed by atoms with E-state index in [1.807, 2.05) is 26.0 Å². The number of nitrogens with zero attached hydrogens (tertiary/aromatic N) is 1. The van der Waals surface area contributed by atoms with Crippen LogP contribution in [0.25, 0.3) is 0 Å². The summed E-state index contributed by atoms with van der Waals surface area (Å²) in [5.41, 5.74) is 1.58. The molecule has 1 aromatic carbocycles. The van der Waals surface area contributed by atoms with Crippen molar-refractivity contribution in [1.29, 1.82) is 0 Å². The molecule has 0 aromatic heterocycles. The molecule has 2 amide bonds. The van der Waals surface area contributed by atoms with Crippen LogP contribution < -0.4 is 10.6 Å². The molecule has 0 saturated heterocycles. The Labute approximate surface area is 140 Å². The van der Waals surface area contributed by atoms with Gasteiger partial charge in [0.2, 0.25) is 12.0 Å². The quantitative estimate of drug-likeness (QED) is 0.831. The van der Waals surface area contributed by atoms with Crippen LogP contribution >= 0.6 is 11.6 Å². The Hall–Kier alpha value is -2.08.